The van der Waals surface area contributed by atoms with E-state index < -0.39 is 0 Å². The van der Waals surface area contributed by atoms with Gasteiger partial charge in [-0.2, -0.15) is 0 Å². The van der Waals surface area contributed by atoms with Crippen LogP contribution in [0.25, 0.3) is 0 Å². The molecule has 0 saturated carbocycles. The summed E-state index contributed by atoms with van der Waals surface area (Å²) in [7, 11) is 0. The van der Waals surface area contributed by atoms with Crippen molar-refractivity contribution in [1.29, 1.82) is 0 Å². The molecule has 2 amide bonds. The number of quaternary nitrogens is 1. The summed E-state index contributed by atoms with van der Waals surface area (Å²) in [5.74, 6) is -0.378. The van der Waals surface area contributed by atoms with Crippen molar-refractivity contribution in [3.63, 3.8) is 0 Å². The van der Waals surface area contributed by atoms with E-state index in [1.807, 2.05) is 51.2 Å². The van der Waals surface area contributed by atoms with Crippen molar-refractivity contribution in [1.82, 2.24) is 5.32 Å². The van der Waals surface area contributed by atoms with Crippen LogP contribution >= 0.6 is 15.9 Å². The Hall–Kier alpha value is -1.40. The van der Waals surface area contributed by atoms with Crippen molar-refractivity contribution in [3.05, 3.63) is 28.2 Å². The van der Waals surface area contributed by atoms with E-state index in [9.17, 15) is 9.59 Å². The first-order chi connectivity index (χ1) is 9.67. The monoisotopic (exact) mass is 356 g/mol. The highest BCUT2D eigenvalue weighted by Crippen LogP contribution is 2.19. The predicted molar refractivity (Wildman–Crippen MR) is 87.1 cm³/mol. The summed E-state index contributed by atoms with van der Waals surface area (Å²) in [5, 5.41) is 7.32. The standard InChI is InChI=1S/C15H22BrN3O2/c1-10-7-11(16)5-6-12(10)19-14(21)8-17-13(20)9-18-15(2,3)4/h5-7,18H,8-9H2,1-4H3,(H,17,20)(H,19,21)/p+1. The molecular weight excluding hydrogens is 334 g/mol. The molecule has 4 N–H and O–H groups in total. The largest absolute Gasteiger partial charge is 0.342 e. The summed E-state index contributed by atoms with van der Waals surface area (Å²) < 4.78 is 0.962. The van der Waals surface area contributed by atoms with E-state index in [0.717, 1.165) is 15.7 Å². The van der Waals surface area contributed by atoms with E-state index in [1.54, 1.807) is 0 Å². The zero-order chi connectivity index (χ0) is 16.0. The Morgan fingerprint density at radius 1 is 1.24 bits per heavy atom. The number of nitrogens with two attached hydrogens (primary N) is 1. The number of hydrogen-bond donors (Lipinski definition) is 3. The highest BCUT2D eigenvalue weighted by Gasteiger charge is 2.15. The zero-order valence-electron chi connectivity index (χ0n) is 12.9. The van der Waals surface area contributed by atoms with Crippen molar-refractivity contribution < 1.29 is 14.9 Å². The zero-order valence-corrected chi connectivity index (χ0v) is 14.5. The maximum atomic E-state index is 11.8. The number of anilines is 1. The van der Waals surface area contributed by atoms with Crippen LogP contribution in [0.4, 0.5) is 5.69 Å². The number of benzene rings is 1. The molecule has 5 nitrogen and oxygen atoms in total. The van der Waals surface area contributed by atoms with Crippen LogP contribution < -0.4 is 16.0 Å². The third-order valence-corrected chi connectivity index (χ3v) is 3.30. The molecule has 1 aromatic carbocycles. The van der Waals surface area contributed by atoms with Crippen molar-refractivity contribution in [2.45, 2.75) is 33.2 Å². The number of rotatable bonds is 5. The number of halogens is 1. The maximum Gasteiger partial charge on any atom is 0.275 e. The fourth-order valence-electron chi connectivity index (χ4n) is 1.61. The van der Waals surface area contributed by atoms with E-state index in [0.29, 0.717) is 6.54 Å². The lowest BCUT2D eigenvalue weighted by atomic mass is 10.1. The quantitative estimate of drug-likeness (QED) is 0.740. The molecule has 0 aliphatic rings. The Kier molecular flexibility index (Phi) is 6.36. The first kappa shape index (κ1) is 17.7. The Morgan fingerprint density at radius 2 is 1.90 bits per heavy atom. The van der Waals surface area contributed by atoms with Crippen LogP contribution in [0.15, 0.2) is 22.7 Å². The van der Waals surface area contributed by atoms with E-state index in [2.05, 4.69) is 26.6 Å². The number of amides is 2. The molecule has 0 radical (unpaired) electrons. The van der Waals surface area contributed by atoms with Gasteiger partial charge in [0, 0.05) is 10.2 Å². The van der Waals surface area contributed by atoms with Crippen LogP contribution in [0.1, 0.15) is 26.3 Å². The van der Waals surface area contributed by atoms with Crippen LogP contribution in [-0.2, 0) is 9.59 Å². The van der Waals surface area contributed by atoms with Gasteiger partial charge in [0.2, 0.25) is 5.91 Å². The topological polar surface area (TPSA) is 74.8 Å². The average molecular weight is 357 g/mol. The molecular formula is C15H23BrN3O2+. The molecule has 0 bridgehead atoms. The molecule has 0 aliphatic carbocycles. The number of aryl methyl sites for hydroxylation is 1. The van der Waals surface area contributed by atoms with Gasteiger partial charge in [-0.25, -0.2) is 0 Å². The van der Waals surface area contributed by atoms with Gasteiger partial charge >= 0.3 is 0 Å². The molecule has 0 atom stereocenters. The molecule has 0 aromatic heterocycles. The number of carbonyl (C=O) groups excluding carboxylic acids is 2. The summed E-state index contributed by atoms with van der Waals surface area (Å²) in [6, 6.07) is 5.61. The Bertz CT molecular complexity index is 524. The molecule has 21 heavy (non-hydrogen) atoms. The fourth-order valence-corrected chi connectivity index (χ4v) is 2.09. The van der Waals surface area contributed by atoms with Gasteiger partial charge in [0.25, 0.3) is 5.91 Å². The lowest BCUT2D eigenvalue weighted by Crippen LogP contribution is -2.96. The fraction of sp³-hybridized carbons (Fsp3) is 0.467. The van der Waals surface area contributed by atoms with E-state index in [4.69, 9.17) is 0 Å². The third-order valence-electron chi connectivity index (χ3n) is 2.81. The predicted octanol–water partition coefficient (Wildman–Crippen LogP) is 1.17. The van der Waals surface area contributed by atoms with Gasteiger partial charge < -0.3 is 16.0 Å². The lowest BCUT2D eigenvalue weighted by molar-refractivity contribution is -0.707. The first-order valence-electron chi connectivity index (χ1n) is 6.84. The lowest BCUT2D eigenvalue weighted by Gasteiger charge is -2.16. The van der Waals surface area contributed by atoms with Gasteiger partial charge in [0.15, 0.2) is 6.54 Å². The minimum atomic E-state index is -0.232. The van der Waals surface area contributed by atoms with Crippen LogP contribution in [0.2, 0.25) is 0 Å². The van der Waals surface area contributed by atoms with Crippen LogP contribution in [0.5, 0.6) is 0 Å². The minimum absolute atomic E-state index is 0.00582. The van der Waals surface area contributed by atoms with Gasteiger partial charge in [0.05, 0.1) is 12.1 Å². The second kappa shape index (κ2) is 7.56. The molecule has 1 aromatic rings. The summed E-state index contributed by atoms with van der Waals surface area (Å²) >= 11 is 3.37. The van der Waals surface area contributed by atoms with Crippen LogP contribution in [-0.4, -0.2) is 30.4 Å². The van der Waals surface area contributed by atoms with E-state index in [-0.39, 0.29) is 23.9 Å². The molecule has 0 saturated heterocycles. The third kappa shape index (κ3) is 7.24. The van der Waals surface area contributed by atoms with Gasteiger partial charge in [-0.1, -0.05) is 15.9 Å². The first-order valence-corrected chi connectivity index (χ1v) is 7.64. The van der Waals surface area contributed by atoms with Crippen molar-refractivity contribution in [2.24, 2.45) is 0 Å². The number of hydrogen-bond acceptors (Lipinski definition) is 2. The smallest absolute Gasteiger partial charge is 0.275 e. The van der Waals surface area contributed by atoms with Gasteiger partial charge in [-0.05, 0) is 51.5 Å². The van der Waals surface area contributed by atoms with Gasteiger partial charge in [-0.3, -0.25) is 9.59 Å². The second-order valence-electron chi connectivity index (χ2n) is 6.06. The molecule has 6 heteroatoms. The summed E-state index contributed by atoms with van der Waals surface area (Å²) in [6.07, 6.45) is 0. The van der Waals surface area contributed by atoms with E-state index in [1.165, 1.54) is 0 Å². The summed E-state index contributed by atoms with van der Waals surface area (Å²) in [5.41, 5.74) is 1.71. The molecule has 0 spiro atoms. The van der Waals surface area contributed by atoms with Crippen molar-refractivity contribution >= 4 is 33.4 Å². The number of carbonyl (C=O) groups is 2. The Labute approximate surface area is 134 Å². The summed E-state index contributed by atoms with van der Waals surface area (Å²) in [6.45, 7) is 8.30. The van der Waals surface area contributed by atoms with E-state index >= 15 is 0 Å². The molecule has 1 rings (SSSR count). The summed E-state index contributed by atoms with van der Waals surface area (Å²) in [4.78, 5) is 23.4. The Balaban J connectivity index is 2.39. The Morgan fingerprint density at radius 3 is 2.48 bits per heavy atom. The second-order valence-corrected chi connectivity index (χ2v) is 6.97. The maximum absolute atomic E-state index is 11.8. The van der Waals surface area contributed by atoms with Crippen molar-refractivity contribution in [2.75, 3.05) is 18.4 Å². The number of nitrogens with one attached hydrogen (secondary N) is 2. The van der Waals surface area contributed by atoms with Crippen LogP contribution in [0, 0.1) is 6.92 Å². The van der Waals surface area contributed by atoms with Crippen LogP contribution in [0.3, 0.4) is 0 Å². The van der Waals surface area contributed by atoms with Gasteiger partial charge in [-0.15, -0.1) is 0 Å². The normalized spacial score (nSPS) is 11.1. The highest BCUT2D eigenvalue weighted by molar-refractivity contribution is 9.10. The minimum Gasteiger partial charge on any atom is -0.342 e. The molecule has 0 heterocycles. The molecule has 0 fully saturated rings. The average Bonchev–Trinajstić information content (AvgIpc) is 2.36. The molecule has 116 valence electrons. The SMILES string of the molecule is Cc1cc(Br)ccc1NC(=O)CNC(=O)C[NH2+]C(C)(C)C. The van der Waals surface area contributed by atoms with Crippen molar-refractivity contribution in [3.8, 4) is 0 Å². The molecule has 0 unspecified atom stereocenters. The molecule has 0 aliphatic heterocycles. The highest BCUT2D eigenvalue weighted by atomic mass is 79.9. The van der Waals surface area contributed by atoms with Gasteiger partial charge in [0.1, 0.15) is 0 Å².